The number of imide groups is 2. The molecule has 4 fully saturated rings. The molecule has 1 unspecified atom stereocenters. The summed E-state index contributed by atoms with van der Waals surface area (Å²) in [4.78, 5) is 81.2. The zero-order chi connectivity index (χ0) is 43.2. The van der Waals surface area contributed by atoms with Crippen LogP contribution in [0.15, 0.2) is 79.1 Å². The van der Waals surface area contributed by atoms with Crippen LogP contribution < -0.4 is 15.8 Å². The van der Waals surface area contributed by atoms with Crippen LogP contribution in [0.1, 0.15) is 89.6 Å². The van der Waals surface area contributed by atoms with Gasteiger partial charge >= 0.3 is 6.03 Å². The van der Waals surface area contributed by atoms with Crippen molar-refractivity contribution in [3.8, 4) is 22.8 Å². The highest BCUT2D eigenvalue weighted by Gasteiger charge is 2.45. The second kappa shape index (κ2) is 16.9. The fourth-order valence-electron chi connectivity index (χ4n) is 10.1. The summed E-state index contributed by atoms with van der Waals surface area (Å²) in [5.74, 6) is 0.640. The Morgan fingerprint density at radius 3 is 2.29 bits per heavy atom. The lowest BCUT2D eigenvalue weighted by Crippen LogP contribution is -2.54. The molecule has 0 aliphatic carbocycles. The molecule has 2 aromatic heterocycles. The summed E-state index contributed by atoms with van der Waals surface area (Å²) in [5, 5.41) is 8.03. The number of rotatable bonds is 8. The first-order valence-electron chi connectivity index (χ1n) is 22.1. The molecule has 10 rings (SSSR count). The number of anilines is 1. The largest absolute Gasteiger partial charge is 0.457 e. The normalized spacial score (nSPS) is 21.6. The van der Waals surface area contributed by atoms with Gasteiger partial charge in [0.2, 0.25) is 11.8 Å². The summed E-state index contributed by atoms with van der Waals surface area (Å²) in [6, 6.07) is 21.9. The van der Waals surface area contributed by atoms with E-state index in [4.69, 9.17) is 15.6 Å². The number of urea groups is 1. The second-order valence-electron chi connectivity index (χ2n) is 17.5. The molecule has 7 heterocycles. The van der Waals surface area contributed by atoms with E-state index >= 15 is 0 Å². The van der Waals surface area contributed by atoms with E-state index in [0.29, 0.717) is 58.4 Å². The average Bonchev–Trinajstić information content (AvgIpc) is 3.82. The molecule has 6 amide bonds. The highest BCUT2D eigenvalue weighted by atomic mass is 16.5. The standard InChI is InChI=1S/C47H50N10O6/c48-42-40-41(31-8-11-35(12-9-31)63-34-6-2-1-3-7-34)52-57(43(40)50-28-49-42)33-5-4-20-55(27-33)47(62)54-23-16-29(17-24-54)26-53-21-18-30(19-22-53)32-10-13-36-37(25-32)46(61)56(45(36)60)38-14-15-39(58)51-44(38)59/h1-3,6-13,25,28-30,33,38H,4-5,14-24,26-27H2,(H2,48,49,50)(H,51,58,59)/t33-,38?/m1/s1. The number of aromatic nitrogens is 4. The lowest BCUT2D eigenvalue weighted by Gasteiger charge is -2.40. The number of nitrogen functional groups attached to an aromatic ring is 1. The zero-order valence-corrected chi connectivity index (χ0v) is 35.0. The first-order valence-corrected chi connectivity index (χ1v) is 22.1. The van der Waals surface area contributed by atoms with Crippen molar-refractivity contribution in [3.63, 3.8) is 0 Å². The topological polar surface area (TPSA) is 189 Å². The molecule has 16 heteroatoms. The van der Waals surface area contributed by atoms with Crippen molar-refractivity contribution < 1.29 is 28.7 Å². The molecule has 5 aliphatic rings. The third kappa shape index (κ3) is 7.88. The molecular formula is C47H50N10O6. The van der Waals surface area contributed by atoms with Gasteiger partial charge in [0.05, 0.1) is 22.6 Å². The van der Waals surface area contributed by atoms with Crippen LogP contribution in [0.4, 0.5) is 10.6 Å². The predicted molar refractivity (Wildman–Crippen MR) is 233 cm³/mol. The van der Waals surface area contributed by atoms with Crippen molar-refractivity contribution in [2.45, 2.75) is 69.4 Å². The van der Waals surface area contributed by atoms with Crippen LogP contribution in [-0.4, -0.2) is 121 Å². The number of nitrogens with two attached hydrogens (primary N) is 1. The molecule has 0 saturated carbocycles. The summed E-state index contributed by atoms with van der Waals surface area (Å²) >= 11 is 0. The van der Waals surface area contributed by atoms with E-state index in [9.17, 15) is 24.0 Å². The maximum absolute atomic E-state index is 14.0. The molecule has 0 bridgehead atoms. The molecule has 3 aromatic carbocycles. The van der Waals surface area contributed by atoms with Crippen LogP contribution in [0.25, 0.3) is 22.3 Å². The minimum absolute atomic E-state index is 0.0679. The number of benzene rings is 3. The molecule has 4 saturated heterocycles. The van der Waals surface area contributed by atoms with Gasteiger partial charge in [0.15, 0.2) is 5.65 Å². The lowest BCUT2D eigenvalue weighted by atomic mass is 9.87. The molecule has 0 spiro atoms. The van der Waals surface area contributed by atoms with Gasteiger partial charge in [-0.15, -0.1) is 0 Å². The van der Waals surface area contributed by atoms with Crippen molar-refractivity contribution in [2.75, 3.05) is 51.5 Å². The average molecular weight is 851 g/mol. The van der Waals surface area contributed by atoms with E-state index in [1.54, 1.807) is 6.07 Å². The van der Waals surface area contributed by atoms with Crippen LogP contribution in [0.3, 0.4) is 0 Å². The third-order valence-corrected chi connectivity index (χ3v) is 13.6. The molecule has 63 heavy (non-hydrogen) atoms. The molecule has 2 atom stereocenters. The second-order valence-corrected chi connectivity index (χ2v) is 17.5. The Morgan fingerprint density at radius 1 is 0.778 bits per heavy atom. The van der Waals surface area contributed by atoms with Crippen LogP contribution in [0, 0.1) is 5.92 Å². The van der Waals surface area contributed by atoms with Crippen LogP contribution in [0.2, 0.25) is 0 Å². The first-order chi connectivity index (χ1) is 30.7. The van der Waals surface area contributed by atoms with Crippen molar-refractivity contribution in [1.82, 2.24) is 44.7 Å². The first kappa shape index (κ1) is 40.4. The molecule has 0 radical (unpaired) electrons. The van der Waals surface area contributed by atoms with Gasteiger partial charge in [-0.1, -0.05) is 24.3 Å². The molecule has 5 aliphatic heterocycles. The number of amides is 6. The number of likely N-dealkylation sites (tertiary alicyclic amines) is 3. The minimum atomic E-state index is -0.971. The predicted octanol–water partition coefficient (Wildman–Crippen LogP) is 5.62. The van der Waals surface area contributed by atoms with E-state index < -0.39 is 29.7 Å². The van der Waals surface area contributed by atoms with Gasteiger partial charge in [-0.05, 0) is 124 Å². The lowest BCUT2D eigenvalue weighted by molar-refractivity contribution is -0.136. The Labute approximate surface area is 364 Å². The van der Waals surface area contributed by atoms with E-state index in [0.717, 1.165) is 93.0 Å². The van der Waals surface area contributed by atoms with E-state index in [2.05, 4.69) is 20.2 Å². The van der Waals surface area contributed by atoms with Crippen molar-refractivity contribution >= 4 is 46.5 Å². The maximum Gasteiger partial charge on any atom is 0.320 e. The number of nitrogens with zero attached hydrogens (tertiary/aromatic N) is 8. The summed E-state index contributed by atoms with van der Waals surface area (Å²) < 4.78 is 7.95. The Balaban J connectivity index is 0.724. The Kier molecular flexibility index (Phi) is 10.8. The number of hydrogen-bond acceptors (Lipinski definition) is 11. The van der Waals surface area contributed by atoms with Gasteiger partial charge in [-0.25, -0.2) is 19.4 Å². The molecule has 5 aromatic rings. The maximum atomic E-state index is 14.0. The van der Waals surface area contributed by atoms with Crippen LogP contribution in [-0.2, 0) is 9.59 Å². The van der Waals surface area contributed by atoms with Gasteiger partial charge in [-0.3, -0.25) is 29.4 Å². The highest BCUT2D eigenvalue weighted by Crippen LogP contribution is 2.37. The fourth-order valence-corrected chi connectivity index (χ4v) is 10.1. The van der Waals surface area contributed by atoms with Gasteiger partial charge in [0.1, 0.15) is 35.4 Å². The van der Waals surface area contributed by atoms with E-state index in [1.807, 2.05) is 81.2 Å². The number of carbonyl (C=O) groups excluding carboxylic acids is 5. The van der Waals surface area contributed by atoms with Crippen LogP contribution in [0.5, 0.6) is 11.5 Å². The fraction of sp³-hybridized carbons (Fsp3) is 0.404. The van der Waals surface area contributed by atoms with Crippen molar-refractivity contribution in [3.05, 3.63) is 95.8 Å². The Hall–Kier alpha value is -6.68. The minimum Gasteiger partial charge on any atom is -0.457 e. The molecular weight excluding hydrogens is 801 g/mol. The SMILES string of the molecule is Nc1ncnc2c1c(-c1ccc(Oc3ccccc3)cc1)nn2[C@@H]1CCCN(C(=O)N2CCC(CN3CCC(c4ccc5c(c4)C(=O)N(C4CCC(=O)NC4=O)C5=O)CC3)CC2)C1. The number of hydrogen-bond donors (Lipinski definition) is 2. The number of para-hydroxylation sites is 1. The van der Waals surface area contributed by atoms with Gasteiger partial charge in [-0.2, -0.15) is 5.10 Å². The molecule has 3 N–H and O–H groups in total. The van der Waals surface area contributed by atoms with Crippen molar-refractivity contribution in [1.29, 1.82) is 0 Å². The number of fused-ring (bicyclic) bond motifs is 2. The van der Waals surface area contributed by atoms with Gasteiger partial charge in [0.25, 0.3) is 11.8 Å². The van der Waals surface area contributed by atoms with E-state index in [-0.39, 0.29) is 30.8 Å². The zero-order valence-electron chi connectivity index (χ0n) is 35.0. The van der Waals surface area contributed by atoms with E-state index in [1.165, 1.54) is 6.33 Å². The Morgan fingerprint density at radius 2 is 1.52 bits per heavy atom. The number of nitrogens with one attached hydrogen (secondary N) is 1. The summed E-state index contributed by atoms with van der Waals surface area (Å²) in [5.41, 5.74) is 10.4. The smallest absolute Gasteiger partial charge is 0.320 e. The quantitative estimate of drug-likeness (QED) is 0.185. The van der Waals surface area contributed by atoms with Crippen LogP contribution >= 0.6 is 0 Å². The number of piperidine rings is 4. The van der Waals surface area contributed by atoms with Gasteiger partial charge < -0.3 is 25.2 Å². The molecule has 324 valence electrons. The highest BCUT2D eigenvalue weighted by molar-refractivity contribution is 6.23. The van der Waals surface area contributed by atoms with Crippen molar-refractivity contribution in [2.24, 2.45) is 5.92 Å². The molecule has 16 nitrogen and oxygen atoms in total. The van der Waals surface area contributed by atoms with Gasteiger partial charge in [0, 0.05) is 44.7 Å². The summed E-state index contributed by atoms with van der Waals surface area (Å²) in [7, 11) is 0. The summed E-state index contributed by atoms with van der Waals surface area (Å²) in [6.07, 6.45) is 7.19. The Bertz CT molecular complexity index is 2580. The summed E-state index contributed by atoms with van der Waals surface area (Å²) in [6.45, 7) is 5.52. The number of carbonyl (C=O) groups is 5. The third-order valence-electron chi connectivity index (χ3n) is 13.6. The number of ether oxygens (including phenoxy) is 1. The monoisotopic (exact) mass is 850 g/mol.